The third kappa shape index (κ3) is 4.04. The molecule has 0 aliphatic heterocycles. The van der Waals surface area contributed by atoms with E-state index in [9.17, 15) is 18.5 Å². The van der Waals surface area contributed by atoms with Gasteiger partial charge in [0.25, 0.3) is 5.69 Å². The SMILES string of the molecule is CC1(C)[C@H]2CC[C@@]1(CS(=O)(=O)Nc1ccccc1)/C(=N\N=C/c1ccc([N+](=O)[O-])cc1)C2. The highest BCUT2D eigenvalue weighted by molar-refractivity contribution is 7.92. The molecule has 2 atom stereocenters. The first-order valence-corrected chi connectivity index (χ1v) is 12.2. The van der Waals surface area contributed by atoms with E-state index < -0.39 is 20.4 Å². The van der Waals surface area contributed by atoms with Crippen LogP contribution in [-0.4, -0.2) is 31.0 Å². The van der Waals surface area contributed by atoms with Crippen molar-refractivity contribution in [3.63, 3.8) is 0 Å². The lowest BCUT2D eigenvalue weighted by atomic mass is 9.70. The highest BCUT2D eigenvalue weighted by atomic mass is 32.2. The molecule has 2 aromatic carbocycles. The maximum absolute atomic E-state index is 13.1. The third-order valence-corrected chi connectivity index (χ3v) is 8.56. The van der Waals surface area contributed by atoms with Crippen LogP contribution in [0.1, 0.15) is 38.7 Å². The molecule has 0 spiro atoms. The summed E-state index contributed by atoms with van der Waals surface area (Å²) in [5, 5.41) is 19.5. The number of hydrogen-bond acceptors (Lipinski definition) is 6. The Bertz CT molecular complexity index is 1170. The predicted octanol–water partition coefficient (Wildman–Crippen LogP) is 4.64. The molecule has 4 rings (SSSR count). The maximum Gasteiger partial charge on any atom is 0.269 e. The van der Waals surface area contributed by atoms with Crippen molar-refractivity contribution in [2.75, 3.05) is 10.5 Å². The molecule has 2 fully saturated rings. The number of nitro groups is 1. The van der Waals surface area contributed by atoms with Gasteiger partial charge in [-0.15, -0.1) is 0 Å². The van der Waals surface area contributed by atoms with E-state index in [-0.39, 0.29) is 16.9 Å². The van der Waals surface area contributed by atoms with Crippen LogP contribution in [0.4, 0.5) is 11.4 Å². The van der Waals surface area contributed by atoms with Crippen LogP contribution in [-0.2, 0) is 10.0 Å². The molecule has 0 aromatic heterocycles. The van der Waals surface area contributed by atoms with Gasteiger partial charge in [0.15, 0.2) is 0 Å². The average molecular weight is 455 g/mol. The monoisotopic (exact) mass is 454 g/mol. The van der Waals surface area contributed by atoms with Gasteiger partial charge in [-0.25, -0.2) is 8.42 Å². The third-order valence-electron chi connectivity index (χ3n) is 7.14. The van der Waals surface area contributed by atoms with E-state index in [2.05, 4.69) is 28.8 Å². The van der Waals surface area contributed by atoms with Crippen molar-refractivity contribution in [2.24, 2.45) is 27.0 Å². The van der Waals surface area contributed by atoms with Gasteiger partial charge in [-0.2, -0.15) is 10.2 Å². The molecule has 2 aliphatic carbocycles. The molecule has 0 amide bonds. The van der Waals surface area contributed by atoms with Gasteiger partial charge in [0, 0.05) is 28.9 Å². The van der Waals surface area contributed by atoms with Gasteiger partial charge in [-0.3, -0.25) is 14.8 Å². The first-order chi connectivity index (χ1) is 15.1. The summed E-state index contributed by atoms with van der Waals surface area (Å²) in [6, 6.07) is 14.9. The van der Waals surface area contributed by atoms with Gasteiger partial charge in [0.2, 0.25) is 10.0 Å². The summed E-state index contributed by atoms with van der Waals surface area (Å²) in [7, 11) is -3.60. The number of hydrogen-bond donors (Lipinski definition) is 1. The first-order valence-electron chi connectivity index (χ1n) is 10.5. The zero-order chi connectivity index (χ0) is 23.0. The van der Waals surface area contributed by atoms with E-state index in [1.807, 2.05) is 6.07 Å². The molecule has 2 aliphatic rings. The largest absolute Gasteiger partial charge is 0.284 e. The minimum atomic E-state index is -3.60. The molecule has 9 heteroatoms. The van der Waals surface area contributed by atoms with Crippen molar-refractivity contribution < 1.29 is 13.3 Å². The van der Waals surface area contributed by atoms with Crippen LogP contribution in [0.5, 0.6) is 0 Å². The Morgan fingerprint density at radius 1 is 1.16 bits per heavy atom. The molecular weight excluding hydrogens is 428 g/mol. The predicted molar refractivity (Wildman–Crippen MR) is 126 cm³/mol. The summed E-state index contributed by atoms with van der Waals surface area (Å²) >= 11 is 0. The quantitative estimate of drug-likeness (QED) is 0.373. The summed E-state index contributed by atoms with van der Waals surface area (Å²) in [6.07, 6.45) is 4.00. The van der Waals surface area contributed by atoms with Crippen molar-refractivity contribution in [1.29, 1.82) is 0 Å². The molecule has 2 aromatic rings. The van der Waals surface area contributed by atoms with E-state index in [0.717, 1.165) is 25.0 Å². The molecule has 2 bridgehead atoms. The minimum absolute atomic E-state index is 0.0124. The summed E-state index contributed by atoms with van der Waals surface area (Å²) < 4.78 is 28.9. The van der Waals surface area contributed by atoms with Crippen molar-refractivity contribution in [3.8, 4) is 0 Å². The molecule has 32 heavy (non-hydrogen) atoms. The molecule has 2 saturated carbocycles. The zero-order valence-corrected chi connectivity index (χ0v) is 18.9. The van der Waals surface area contributed by atoms with Gasteiger partial charge in [-0.1, -0.05) is 32.0 Å². The van der Waals surface area contributed by atoms with Crippen LogP contribution in [0.2, 0.25) is 0 Å². The minimum Gasteiger partial charge on any atom is -0.284 e. The number of rotatable bonds is 7. The van der Waals surface area contributed by atoms with E-state index >= 15 is 0 Å². The molecule has 0 unspecified atom stereocenters. The lowest BCUT2D eigenvalue weighted by molar-refractivity contribution is -0.384. The number of nitrogens with zero attached hydrogens (tertiary/aromatic N) is 3. The van der Waals surface area contributed by atoms with Gasteiger partial charge >= 0.3 is 0 Å². The van der Waals surface area contributed by atoms with Gasteiger partial charge in [0.05, 0.1) is 16.9 Å². The first kappa shape index (κ1) is 22.1. The van der Waals surface area contributed by atoms with Crippen LogP contribution in [0.3, 0.4) is 0 Å². The molecule has 168 valence electrons. The van der Waals surface area contributed by atoms with Crippen LogP contribution in [0.15, 0.2) is 64.8 Å². The lowest BCUT2D eigenvalue weighted by Crippen LogP contribution is -2.43. The molecule has 8 nitrogen and oxygen atoms in total. The van der Waals surface area contributed by atoms with E-state index in [1.54, 1.807) is 42.6 Å². The summed E-state index contributed by atoms with van der Waals surface area (Å²) in [4.78, 5) is 10.3. The molecule has 0 radical (unpaired) electrons. The number of non-ortho nitro benzene ring substituents is 1. The maximum atomic E-state index is 13.1. The Balaban J connectivity index is 1.58. The fourth-order valence-electron chi connectivity index (χ4n) is 5.17. The van der Waals surface area contributed by atoms with Crippen LogP contribution >= 0.6 is 0 Å². The number of nitro benzene ring substituents is 1. The fourth-order valence-corrected chi connectivity index (χ4v) is 7.07. The Morgan fingerprint density at radius 2 is 1.84 bits per heavy atom. The topological polar surface area (TPSA) is 114 Å². The molecule has 0 heterocycles. The van der Waals surface area contributed by atoms with Crippen molar-refractivity contribution in [1.82, 2.24) is 0 Å². The molecular formula is C23H26N4O4S. The number of para-hydroxylation sites is 1. The Labute approximate surface area is 187 Å². The number of sulfonamides is 1. The normalized spacial score (nSPS) is 25.4. The Kier molecular flexibility index (Phi) is 5.62. The second-order valence-electron chi connectivity index (χ2n) is 9.11. The van der Waals surface area contributed by atoms with E-state index in [0.29, 0.717) is 17.2 Å². The van der Waals surface area contributed by atoms with Crippen molar-refractivity contribution in [3.05, 3.63) is 70.3 Å². The highest BCUT2D eigenvalue weighted by Gasteiger charge is 2.64. The smallest absolute Gasteiger partial charge is 0.269 e. The molecule has 1 N–H and O–H groups in total. The number of nitrogens with one attached hydrogen (secondary N) is 1. The average Bonchev–Trinajstić information content (AvgIpc) is 3.09. The second kappa shape index (κ2) is 8.12. The van der Waals surface area contributed by atoms with Crippen molar-refractivity contribution >= 4 is 33.3 Å². The van der Waals surface area contributed by atoms with Crippen LogP contribution < -0.4 is 4.72 Å². The Morgan fingerprint density at radius 3 is 2.47 bits per heavy atom. The number of benzene rings is 2. The number of anilines is 1. The standard InChI is InChI=1S/C23H26N4O4S/c1-22(2)18-12-13-23(22,16-32(30,31)26-19-6-4-3-5-7-19)21(14-18)25-24-15-17-8-10-20(11-9-17)27(28)29/h3-11,15,18,26H,12-14,16H2,1-2H3/b24-15-,25-21-/t18-,23+/m0/s1. The van der Waals surface area contributed by atoms with Crippen LogP contribution in [0.25, 0.3) is 0 Å². The zero-order valence-electron chi connectivity index (χ0n) is 18.1. The summed E-state index contributed by atoms with van der Waals surface area (Å²) in [6.45, 7) is 4.26. The number of fused-ring (bicyclic) bond motifs is 2. The van der Waals surface area contributed by atoms with Crippen LogP contribution in [0, 0.1) is 26.9 Å². The highest BCUT2D eigenvalue weighted by Crippen LogP contribution is 2.64. The van der Waals surface area contributed by atoms with Crippen molar-refractivity contribution in [2.45, 2.75) is 33.1 Å². The fraction of sp³-hybridized carbons (Fsp3) is 0.391. The lowest BCUT2D eigenvalue weighted by Gasteiger charge is -2.37. The van der Waals surface area contributed by atoms with Gasteiger partial charge in [-0.05, 0) is 60.4 Å². The Hall–Kier alpha value is -3.07. The summed E-state index contributed by atoms with van der Waals surface area (Å²) in [5.74, 6) is 0.326. The van der Waals surface area contributed by atoms with E-state index in [1.165, 1.54) is 12.1 Å². The second-order valence-corrected chi connectivity index (χ2v) is 10.8. The van der Waals surface area contributed by atoms with Gasteiger partial charge in [0.1, 0.15) is 0 Å². The van der Waals surface area contributed by atoms with E-state index in [4.69, 9.17) is 0 Å². The molecule has 0 saturated heterocycles. The van der Waals surface area contributed by atoms with Gasteiger partial charge < -0.3 is 0 Å². The summed E-state index contributed by atoms with van der Waals surface area (Å²) in [5.41, 5.74) is 1.28.